The van der Waals surface area contributed by atoms with Crippen LogP contribution in [0.1, 0.15) is 36.7 Å². The summed E-state index contributed by atoms with van der Waals surface area (Å²) in [5.74, 6) is 0.508. The van der Waals surface area contributed by atoms with Gasteiger partial charge in [0.15, 0.2) is 5.78 Å². The standard InChI is InChI=1S/C14H19N2O2P.C2H7N/c1-14(2,3)13(17)11-8-10(9-15)6-7-12(11)18-19-16(4)5;1-3-2/h6-8,19H,1-5H3;3H,1-2H3. The van der Waals surface area contributed by atoms with Crippen molar-refractivity contribution in [3.63, 3.8) is 0 Å². The van der Waals surface area contributed by atoms with Gasteiger partial charge >= 0.3 is 0 Å². The van der Waals surface area contributed by atoms with Crippen molar-refractivity contribution in [2.24, 2.45) is 5.41 Å². The summed E-state index contributed by atoms with van der Waals surface area (Å²) in [7, 11) is 7.68. The molecule has 22 heavy (non-hydrogen) atoms. The van der Waals surface area contributed by atoms with Gasteiger partial charge in [0.05, 0.1) is 17.2 Å². The number of rotatable bonds is 4. The van der Waals surface area contributed by atoms with Crippen LogP contribution < -0.4 is 9.84 Å². The van der Waals surface area contributed by atoms with E-state index < -0.39 is 5.41 Å². The van der Waals surface area contributed by atoms with Crippen molar-refractivity contribution in [3.8, 4) is 11.8 Å². The highest BCUT2D eigenvalue weighted by molar-refractivity contribution is 7.29. The lowest BCUT2D eigenvalue weighted by Gasteiger charge is -2.20. The van der Waals surface area contributed by atoms with Gasteiger partial charge < -0.3 is 9.84 Å². The second kappa shape index (κ2) is 9.53. The molecule has 0 spiro atoms. The first-order valence-electron chi connectivity index (χ1n) is 6.94. The summed E-state index contributed by atoms with van der Waals surface area (Å²) in [6.45, 7) is 5.56. The summed E-state index contributed by atoms with van der Waals surface area (Å²) in [5, 5.41) is 11.7. The number of carbonyl (C=O) groups excluding carboxylic acids is 1. The Morgan fingerprint density at radius 3 is 2.27 bits per heavy atom. The van der Waals surface area contributed by atoms with Crippen molar-refractivity contribution in [1.82, 2.24) is 9.99 Å². The van der Waals surface area contributed by atoms with E-state index in [4.69, 9.17) is 9.79 Å². The number of hydrogen-bond donors (Lipinski definition) is 1. The Hall–Kier alpha value is -1.47. The number of hydrogen-bond acceptors (Lipinski definition) is 5. The monoisotopic (exact) mass is 323 g/mol. The van der Waals surface area contributed by atoms with Crippen LogP contribution in [0.5, 0.6) is 5.75 Å². The largest absolute Gasteiger partial charge is 0.460 e. The van der Waals surface area contributed by atoms with E-state index in [-0.39, 0.29) is 14.7 Å². The Kier molecular flexibility index (Phi) is 8.89. The van der Waals surface area contributed by atoms with Gasteiger partial charge in [0, 0.05) is 5.41 Å². The van der Waals surface area contributed by atoms with E-state index in [0.717, 1.165) is 0 Å². The molecule has 1 N–H and O–H groups in total. The van der Waals surface area contributed by atoms with Crippen molar-refractivity contribution in [2.45, 2.75) is 20.8 Å². The molecule has 122 valence electrons. The molecule has 0 saturated heterocycles. The molecule has 0 aliphatic rings. The van der Waals surface area contributed by atoms with Gasteiger partial charge in [-0.25, -0.2) is 0 Å². The molecule has 0 bridgehead atoms. The van der Waals surface area contributed by atoms with Gasteiger partial charge in [-0.1, -0.05) is 20.8 Å². The number of Topliss-reactive ketones (excluding diaryl/α,β-unsaturated/α-hetero) is 1. The van der Waals surface area contributed by atoms with Crippen LogP contribution in [0.3, 0.4) is 0 Å². The molecule has 1 atom stereocenters. The summed E-state index contributed by atoms with van der Waals surface area (Å²) in [6, 6.07) is 7.00. The quantitative estimate of drug-likeness (QED) is 0.681. The normalized spacial score (nSPS) is 11.0. The van der Waals surface area contributed by atoms with E-state index in [0.29, 0.717) is 16.9 Å². The predicted molar refractivity (Wildman–Crippen MR) is 92.6 cm³/mol. The molecule has 0 heterocycles. The fourth-order valence-electron chi connectivity index (χ4n) is 1.41. The third kappa shape index (κ3) is 7.00. The van der Waals surface area contributed by atoms with Gasteiger partial charge in [0.2, 0.25) is 0 Å². The Labute approximate surface area is 135 Å². The van der Waals surface area contributed by atoms with Crippen LogP contribution >= 0.6 is 8.96 Å². The molecule has 1 aromatic carbocycles. The number of nitrogens with one attached hydrogen (secondary N) is 1. The van der Waals surface area contributed by atoms with Crippen LogP contribution in [0.2, 0.25) is 0 Å². The maximum atomic E-state index is 12.4. The summed E-state index contributed by atoms with van der Waals surface area (Å²) in [5.41, 5.74) is 0.432. The zero-order chi connectivity index (χ0) is 17.3. The van der Waals surface area contributed by atoms with E-state index in [9.17, 15) is 4.79 Å². The Morgan fingerprint density at radius 1 is 1.32 bits per heavy atom. The molecule has 6 heteroatoms. The molecular weight excluding hydrogens is 297 g/mol. The first-order chi connectivity index (χ1) is 10.2. The van der Waals surface area contributed by atoms with Crippen LogP contribution in [0.25, 0.3) is 0 Å². The highest BCUT2D eigenvalue weighted by atomic mass is 31.1. The first kappa shape index (κ1) is 20.5. The summed E-state index contributed by atoms with van der Waals surface area (Å²) >= 11 is 0. The molecule has 5 nitrogen and oxygen atoms in total. The average Bonchev–Trinajstić information content (AvgIpc) is 2.44. The van der Waals surface area contributed by atoms with E-state index in [2.05, 4.69) is 5.32 Å². The SMILES string of the molecule is CN(C)POc1ccc(C#N)cc1C(=O)C(C)(C)C.CNC. The maximum Gasteiger partial charge on any atom is 0.171 e. The molecule has 0 amide bonds. The van der Waals surface area contributed by atoms with Gasteiger partial charge in [-0.05, 0) is 46.4 Å². The molecule has 1 rings (SSSR count). The van der Waals surface area contributed by atoms with E-state index in [1.54, 1.807) is 18.2 Å². The van der Waals surface area contributed by atoms with E-state index in [1.165, 1.54) is 0 Å². The maximum absolute atomic E-state index is 12.4. The van der Waals surface area contributed by atoms with Crippen LogP contribution in [-0.2, 0) is 0 Å². The van der Waals surface area contributed by atoms with Crippen LogP contribution in [0.4, 0.5) is 0 Å². The number of nitriles is 1. The van der Waals surface area contributed by atoms with E-state index in [1.807, 2.05) is 59.7 Å². The zero-order valence-electron chi connectivity index (χ0n) is 14.4. The van der Waals surface area contributed by atoms with Crippen LogP contribution in [0.15, 0.2) is 18.2 Å². The van der Waals surface area contributed by atoms with Gasteiger partial charge in [-0.3, -0.25) is 9.46 Å². The zero-order valence-corrected chi connectivity index (χ0v) is 15.4. The van der Waals surface area contributed by atoms with Crippen molar-refractivity contribution >= 4 is 14.7 Å². The Balaban J connectivity index is 0.00000135. The molecule has 0 aromatic heterocycles. The minimum Gasteiger partial charge on any atom is -0.460 e. The molecule has 0 fully saturated rings. The van der Waals surface area contributed by atoms with Crippen LogP contribution in [0, 0.1) is 16.7 Å². The molecule has 0 aliphatic carbocycles. The molecule has 0 saturated carbocycles. The summed E-state index contributed by atoms with van der Waals surface area (Å²) in [4.78, 5) is 12.4. The fraction of sp³-hybridized carbons (Fsp3) is 0.500. The van der Waals surface area contributed by atoms with Crippen LogP contribution in [-0.4, -0.2) is 38.6 Å². The number of benzene rings is 1. The Bertz CT molecular complexity index is 531. The smallest absolute Gasteiger partial charge is 0.171 e. The first-order valence-corrected chi connectivity index (χ1v) is 7.80. The fourth-order valence-corrected chi connectivity index (χ4v) is 1.87. The van der Waals surface area contributed by atoms with Crippen molar-refractivity contribution < 1.29 is 9.32 Å². The van der Waals surface area contributed by atoms with E-state index >= 15 is 0 Å². The minimum atomic E-state index is -0.507. The van der Waals surface area contributed by atoms with Gasteiger partial charge in [-0.2, -0.15) is 5.26 Å². The lowest BCUT2D eigenvalue weighted by atomic mass is 9.86. The lowest BCUT2D eigenvalue weighted by Crippen LogP contribution is -2.21. The highest BCUT2D eigenvalue weighted by Crippen LogP contribution is 2.32. The van der Waals surface area contributed by atoms with Gasteiger partial charge in [0.25, 0.3) is 0 Å². The number of nitrogens with zero attached hydrogens (tertiary/aromatic N) is 2. The van der Waals surface area contributed by atoms with Crippen molar-refractivity contribution in [3.05, 3.63) is 29.3 Å². The topological polar surface area (TPSA) is 65.4 Å². The third-order valence-corrected chi connectivity index (χ3v) is 3.05. The molecular formula is C16H26N3O2P. The lowest BCUT2D eigenvalue weighted by molar-refractivity contribution is 0.0856. The van der Waals surface area contributed by atoms with Crippen molar-refractivity contribution in [1.29, 1.82) is 5.26 Å². The highest BCUT2D eigenvalue weighted by Gasteiger charge is 2.26. The predicted octanol–water partition coefficient (Wildman–Crippen LogP) is 3.07. The summed E-state index contributed by atoms with van der Waals surface area (Å²) < 4.78 is 7.53. The van der Waals surface area contributed by atoms with Gasteiger partial charge in [-0.15, -0.1) is 0 Å². The Morgan fingerprint density at radius 2 is 1.86 bits per heavy atom. The number of carbonyl (C=O) groups is 1. The molecule has 0 radical (unpaired) electrons. The summed E-state index contributed by atoms with van der Waals surface area (Å²) in [6.07, 6.45) is 0. The molecule has 1 unspecified atom stereocenters. The molecule has 0 aliphatic heterocycles. The minimum absolute atomic E-state index is 0.0249. The van der Waals surface area contributed by atoms with Gasteiger partial charge in [0.1, 0.15) is 14.7 Å². The second-order valence-electron chi connectivity index (χ2n) is 5.99. The number of ketones is 1. The second-order valence-corrected chi connectivity index (χ2v) is 7.27. The molecule has 1 aromatic rings. The average molecular weight is 323 g/mol. The third-order valence-electron chi connectivity index (χ3n) is 2.37. The van der Waals surface area contributed by atoms with Crippen molar-refractivity contribution in [2.75, 3.05) is 28.2 Å².